The van der Waals surface area contributed by atoms with Gasteiger partial charge in [0.2, 0.25) is 0 Å². The van der Waals surface area contributed by atoms with Crippen molar-refractivity contribution in [3.05, 3.63) is 0 Å². The number of rotatable bonds is 3. The lowest BCUT2D eigenvalue weighted by atomic mass is 10.1. The maximum Gasteiger partial charge on any atom is 0.421 e. The summed E-state index contributed by atoms with van der Waals surface area (Å²) in [4.78, 5) is 11.1. The molecule has 0 heterocycles. The predicted octanol–water partition coefficient (Wildman–Crippen LogP) is 3.16. The first-order valence-corrected chi connectivity index (χ1v) is 5.30. The highest BCUT2D eigenvalue weighted by Gasteiger charge is 2.74. The Morgan fingerprint density at radius 1 is 1.18 bits per heavy atom. The van der Waals surface area contributed by atoms with Crippen molar-refractivity contribution in [1.82, 2.24) is 5.32 Å². The van der Waals surface area contributed by atoms with Crippen LogP contribution in [0.2, 0.25) is 0 Å². The van der Waals surface area contributed by atoms with Gasteiger partial charge in [0.1, 0.15) is 0 Å². The van der Waals surface area contributed by atoms with Crippen LogP contribution in [-0.4, -0.2) is 28.6 Å². The summed E-state index contributed by atoms with van der Waals surface area (Å²) < 4.78 is 69.7. The normalized spacial score (nSPS) is 15.6. The molecule has 0 aliphatic carbocycles. The van der Waals surface area contributed by atoms with E-state index >= 15 is 0 Å². The van der Waals surface area contributed by atoms with Gasteiger partial charge in [-0.25, -0.2) is 0 Å². The van der Waals surface area contributed by atoms with Crippen molar-refractivity contribution in [2.45, 2.75) is 43.0 Å². The molecular weight excluding hydrogens is 320 g/mol. The molecule has 0 fully saturated rings. The van der Waals surface area contributed by atoms with Gasteiger partial charge in [-0.3, -0.25) is 4.79 Å². The number of halogens is 7. The third-order valence-electron chi connectivity index (χ3n) is 2.08. The minimum absolute atomic E-state index is 0.213. The molecule has 0 aromatic rings. The van der Waals surface area contributed by atoms with Crippen LogP contribution in [0.15, 0.2) is 0 Å². The minimum atomic E-state index is -5.78. The molecule has 0 aromatic heterocycles. The molecule has 0 saturated heterocycles. The highest BCUT2D eigenvalue weighted by Crippen LogP contribution is 2.49. The molecule has 0 rings (SSSR count). The Hall–Kier alpha value is -0.470. The largest absolute Gasteiger partial charge is 0.421 e. The molecule has 0 saturated carbocycles. The quantitative estimate of drug-likeness (QED) is 0.625. The SMILES string of the molecule is CCC(C)NC(=O)C(Br)(C(F)(F)F)C(F)(F)F. The molecule has 0 aliphatic heterocycles. The summed E-state index contributed by atoms with van der Waals surface area (Å²) in [5.41, 5.74) is 0. The van der Waals surface area contributed by atoms with Crippen LogP contribution in [0.5, 0.6) is 0 Å². The third kappa shape index (κ3) is 3.26. The van der Waals surface area contributed by atoms with Gasteiger partial charge in [0.05, 0.1) is 0 Å². The summed E-state index contributed by atoms with van der Waals surface area (Å²) in [5, 5.41) is 1.66. The molecule has 0 spiro atoms. The highest BCUT2D eigenvalue weighted by atomic mass is 79.9. The van der Waals surface area contributed by atoms with E-state index in [1.165, 1.54) is 29.8 Å². The van der Waals surface area contributed by atoms with Gasteiger partial charge in [0.25, 0.3) is 10.2 Å². The monoisotopic (exact) mass is 329 g/mol. The zero-order valence-corrected chi connectivity index (χ0v) is 10.4. The first kappa shape index (κ1) is 16.5. The van der Waals surface area contributed by atoms with Gasteiger partial charge in [0, 0.05) is 6.04 Å². The zero-order valence-electron chi connectivity index (χ0n) is 8.84. The van der Waals surface area contributed by atoms with Crippen molar-refractivity contribution in [2.24, 2.45) is 0 Å². The van der Waals surface area contributed by atoms with E-state index in [4.69, 9.17) is 0 Å². The van der Waals surface area contributed by atoms with E-state index in [-0.39, 0.29) is 6.42 Å². The average molecular weight is 330 g/mol. The van der Waals surface area contributed by atoms with Crippen LogP contribution in [0, 0.1) is 0 Å². The Balaban J connectivity index is 5.30. The van der Waals surface area contributed by atoms with Crippen molar-refractivity contribution in [1.29, 1.82) is 0 Å². The van der Waals surface area contributed by atoms with Crippen LogP contribution in [0.25, 0.3) is 0 Å². The Bertz CT molecular complexity index is 273. The van der Waals surface area contributed by atoms with Gasteiger partial charge in [-0.05, 0) is 13.3 Å². The van der Waals surface area contributed by atoms with Crippen molar-refractivity contribution in [2.75, 3.05) is 0 Å². The van der Waals surface area contributed by atoms with Crippen molar-refractivity contribution < 1.29 is 31.1 Å². The Labute approximate surface area is 102 Å². The maximum absolute atomic E-state index is 12.4. The summed E-state index contributed by atoms with van der Waals surface area (Å²) in [6, 6.07) is -0.788. The van der Waals surface area contributed by atoms with Crippen LogP contribution >= 0.6 is 15.9 Å². The number of amides is 1. The summed E-state index contributed by atoms with van der Waals surface area (Å²) in [5.74, 6) is -2.16. The second-order valence-electron chi connectivity index (χ2n) is 3.44. The maximum atomic E-state index is 12.4. The van der Waals surface area contributed by atoms with Gasteiger partial charge in [-0.1, -0.05) is 22.9 Å². The van der Waals surface area contributed by atoms with Gasteiger partial charge >= 0.3 is 12.4 Å². The van der Waals surface area contributed by atoms with Crippen LogP contribution in [0.4, 0.5) is 26.3 Å². The molecular formula is C8H10BrF6NO. The molecule has 1 N–H and O–H groups in total. The smallest absolute Gasteiger partial charge is 0.352 e. The van der Waals surface area contributed by atoms with Crippen LogP contribution in [0.1, 0.15) is 20.3 Å². The highest BCUT2D eigenvalue weighted by molar-refractivity contribution is 9.10. The van der Waals surface area contributed by atoms with Crippen LogP contribution in [-0.2, 0) is 4.79 Å². The lowest BCUT2D eigenvalue weighted by molar-refractivity contribution is -0.255. The fourth-order valence-electron chi connectivity index (χ4n) is 0.843. The summed E-state index contributed by atoms with van der Waals surface area (Å²) >= 11 is 1.49. The lowest BCUT2D eigenvalue weighted by Crippen LogP contribution is -2.62. The van der Waals surface area contributed by atoms with Crippen molar-refractivity contribution in [3.8, 4) is 0 Å². The minimum Gasteiger partial charge on any atom is -0.352 e. The van der Waals surface area contributed by atoms with E-state index < -0.39 is 28.6 Å². The Morgan fingerprint density at radius 3 is 1.76 bits per heavy atom. The van der Waals surface area contributed by atoms with E-state index in [0.717, 1.165) is 0 Å². The second kappa shape index (κ2) is 5.03. The number of hydrogen-bond acceptors (Lipinski definition) is 1. The summed E-state index contributed by atoms with van der Waals surface area (Å²) in [7, 11) is 0. The lowest BCUT2D eigenvalue weighted by Gasteiger charge is -2.31. The molecule has 17 heavy (non-hydrogen) atoms. The number of alkyl halides is 7. The van der Waals surface area contributed by atoms with E-state index in [9.17, 15) is 31.1 Å². The van der Waals surface area contributed by atoms with Crippen LogP contribution < -0.4 is 5.32 Å². The van der Waals surface area contributed by atoms with E-state index in [1.807, 2.05) is 0 Å². The number of hydrogen-bond donors (Lipinski definition) is 1. The molecule has 0 aromatic carbocycles. The van der Waals surface area contributed by atoms with E-state index in [1.54, 1.807) is 5.32 Å². The molecule has 0 bridgehead atoms. The Kier molecular flexibility index (Phi) is 4.89. The number of carbonyl (C=O) groups is 1. The van der Waals surface area contributed by atoms with Gasteiger partial charge in [-0.15, -0.1) is 0 Å². The fraction of sp³-hybridized carbons (Fsp3) is 0.875. The van der Waals surface area contributed by atoms with Gasteiger partial charge in [0.15, 0.2) is 0 Å². The first-order chi connectivity index (χ1) is 7.38. The average Bonchev–Trinajstić information content (AvgIpc) is 2.12. The topological polar surface area (TPSA) is 29.1 Å². The second-order valence-corrected chi connectivity index (χ2v) is 4.63. The zero-order chi connectivity index (χ0) is 14.1. The van der Waals surface area contributed by atoms with Gasteiger partial charge in [-0.2, -0.15) is 26.3 Å². The van der Waals surface area contributed by atoms with Crippen molar-refractivity contribution in [3.63, 3.8) is 0 Å². The van der Waals surface area contributed by atoms with E-state index in [2.05, 4.69) is 0 Å². The molecule has 1 amide bonds. The molecule has 0 aliphatic rings. The standard InChI is InChI=1S/C8H10BrF6NO/c1-3-4(2)16-5(17)6(9,7(10,11)12)8(13,14)15/h4H,3H2,1-2H3,(H,16,17). The van der Waals surface area contributed by atoms with Crippen molar-refractivity contribution >= 4 is 21.8 Å². The first-order valence-electron chi connectivity index (χ1n) is 4.51. The third-order valence-corrected chi connectivity index (χ3v) is 3.34. The predicted molar refractivity (Wildman–Crippen MR) is 51.7 cm³/mol. The van der Waals surface area contributed by atoms with Crippen LogP contribution in [0.3, 0.4) is 0 Å². The number of nitrogens with one attached hydrogen (secondary N) is 1. The number of carbonyl (C=O) groups excluding carboxylic acids is 1. The molecule has 1 unspecified atom stereocenters. The molecule has 0 radical (unpaired) electrons. The van der Waals surface area contributed by atoms with E-state index in [0.29, 0.717) is 0 Å². The summed E-state index contributed by atoms with van der Waals surface area (Å²) in [6.45, 7) is 2.82. The molecule has 9 heteroatoms. The molecule has 2 nitrogen and oxygen atoms in total. The Morgan fingerprint density at radius 2 is 1.53 bits per heavy atom. The fourth-order valence-corrected chi connectivity index (χ4v) is 0.958. The summed E-state index contributed by atoms with van der Waals surface area (Å²) in [6.07, 6.45) is -11.3. The molecule has 102 valence electrons. The molecule has 1 atom stereocenters. The van der Waals surface area contributed by atoms with Gasteiger partial charge < -0.3 is 5.32 Å².